The van der Waals surface area contributed by atoms with Crippen LogP contribution in [0, 0.1) is 0 Å². The second kappa shape index (κ2) is 7.08. The Kier molecular flexibility index (Phi) is 5.71. The summed E-state index contributed by atoms with van der Waals surface area (Å²) in [5.41, 5.74) is 5.42. The summed E-state index contributed by atoms with van der Waals surface area (Å²) in [5, 5.41) is 11.4. The van der Waals surface area contributed by atoms with Gasteiger partial charge in [0.1, 0.15) is 6.61 Å². The summed E-state index contributed by atoms with van der Waals surface area (Å²) in [4.78, 5) is 15.5. The molecule has 0 spiro atoms. The molecule has 98 valence electrons. The van der Waals surface area contributed by atoms with Gasteiger partial charge >= 0.3 is 0 Å². The molecular formula is C10H20N4O3. The zero-order valence-corrected chi connectivity index (χ0v) is 10.1. The number of hydrogen-bond donors (Lipinski definition) is 2. The molecule has 1 aliphatic heterocycles. The molecule has 0 aromatic heterocycles. The maximum Gasteiger partial charge on any atom is 0.248 e. The van der Waals surface area contributed by atoms with Crippen LogP contribution in [-0.4, -0.2) is 72.7 Å². The molecule has 0 atom stereocenters. The number of ether oxygens (including phenoxy) is 1. The van der Waals surface area contributed by atoms with E-state index in [1.807, 2.05) is 11.8 Å². The number of rotatable bonds is 5. The van der Waals surface area contributed by atoms with Gasteiger partial charge in [0.05, 0.1) is 6.54 Å². The van der Waals surface area contributed by atoms with Crippen molar-refractivity contribution in [2.45, 2.75) is 6.92 Å². The van der Waals surface area contributed by atoms with Gasteiger partial charge in [0, 0.05) is 32.8 Å². The molecule has 1 amide bonds. The standard InChI is InChI=1S/C10H20N4O3/c1-2-17-8-10(15)14-5-3-13(4-6-14)7-9(11)12-16/h16H,2-8H2,1H3,(H2,11,12). The van der Waals surface area contributed by atoms with Crippen LogP contribution in [-0.2, 0) is 9.53 Å². The summed E-state index contributed by atoms with van der Waals surface area (Å²) >= 11 is 0. The zero-order valence-electron chi connectivity index (χ0n) is 10.1. The van der Waals surface area contributed by atoms with E-state index in [-0.39, 0.29) is 18.3 Å². The van der Waals surface area contributed by atoms with E-state index in [1.54, 1.807) is 4.90 Å². The first kappa shape index (κ1) is 13.7. The average Bonchev–Trinajstić information content (AvgIpc) is 2.36. The Morgan fingerprint density at radius 1 is 1.41 bits per heavy atom. The van der Waals surface area contributed by atoms with Gasteiger partial charge in [0.25, 0.3) is 0 Å². The normalized spacial score (nSPS) is 18.4. The predicted molar refractivity (Wildman–Crippen MR) is 62.9 cm³/mol. The fourth-order valence-corrected chi connectivity index (χ4v) is 1.70. The van der Waals surface area contributed by atoms with Crippen molar-refractivity contribution in [1.82, 2.24) is 9.80 Å². The van der Waals surface area contributed by atoms with Crippen molar-refractivity contribution < 1.29 is 14.7 Å². The van der Waals surface area contributed by atoms with E-state index < -0.39 is 0 Å². The van der Waals surface area contributed by atoms with Crippen molar-refractivity contribution in [3.05, 3.63) is 0 Å². The first-order valence-corrected chi connectivity index (χ1v) is 5.71. The highest BCUT2D eigenvalue weighted by atomic mass is 16.5. The number of oxime groups is 1. The number of amidine groups is 1. The van der Waals surface area contributed by atoms with Crippen molar-refractivity contribution in [2.75, 3.05) is 45.9 Å². The first-order valence-electron chi connectivity index (χ1n) is 5.71. The van der Waals surface area contributed by atoms with Crippen molar-refractivity contribution in [3.8, 4) is 0 Å². The number of amides is 1. The Labute approximate surface area is 101 Å². The Hall–Kier alpha value is -1.34. The van der Waals surface area contributed by atoms with E-state index in [9.17, 15) is 4.79 Å². The molecule has 1 aliphatic rings. The number of carbonyl (C=O) groups excluding carboxylic acids is 1. The minimum Gasteiger partial charge on any atom is -0.409 e. The molecule has 1 saturated heterocycles. The van der Waals surface area contributed by atoms with E-state index in [0.717, 1.165) is 13.1 Å². The van der Waals surface area contributed by atoms with Crippen molar-refractivity contribution in [1.29, 1.82) is 0 Å². The smallest absolute Gasteiger partial charge is 0.248 e. The molecule has 7 heteroatoms. The van der Waals surface area contributed by atoms with Gasteiger partial charge in [0.15, 0.2) is 5.84 Å². The predicted octanol–water partition coefficient (Wildman–Crippen LogP) is -1.09. The Morgan fingerprint density at radius 3 is 2.59 bits per heavy atom. The number of piperazine rings is 1. The molecule has 17 heavy (non-hydrogen) atoms. The van der Waals surface area contributed by atoms with Gasteiger partial charge < -0.3 is 20.6 Å². The molecule has 1 heterocycles. The molecule has 0 saturated carbocycles. The van der Waals surface area contributed by atoms with Gasteiger partial charge in [0.2, 0.25) is 5.91 Å². The number of hydrogen-bond acceptors (Lipinski definition) is 5. The maximum absolute atomic E-state index is 11.6. The van der Waals surface area contributed by atoms with Crippen LogP contribution >= 0.6 is 0 Å². The van der Waals surface area contributed by atoms with E-state index in [1.165, 1.54) is 0 Å². The monoisotopic (exact) mass is 244 g/mol. The van der Waals surface area contributed by atoms with Crippen LogP contribution in [0.1, 0.15) is 6.92 Å². The second-order valence-corrected chi connectivity index (χ2v) is 3.89. The van der Waals surface area contributed by atoms with Crippen LogP contribution in [0.2, 0.25) is 0 Å². The van der Waals surface area contributed by atoms with Crippen molar-refractivity contribution in [3.63, 3.8) is 0 Å². The molecule has 0 aromatic carbocycles. The molecule has 0 bridgehead atoms. The Balaban J connectivity index is 2.28. The van der Waals surface area contributed by atoms with Gasteiger partial charge in [-0.15, -0.1) is 0 Å². The third-order valence-corrected chi connectivity index (χ3v) is 2.67. The molecule has 3 N–H and O–H groups in total. The van der Waals surface area contributed by atoms with Crippen LogP contribution < -0.4 is 5.73 Å². The number of nitrogens with zero attached hydrogens (tertiary/aromatic N) is 3. The number of carbonyl (C=O) groups is 1. The van der Waals surface area contributed by atoms with Crippen LogP contribution in [0.3, 0.4) is 0 Å². The van der Waals surface area contributed by atoms with E-state index in [0.29, 0.717) is 26.2 Å². The fraction of sp³-hybridized carbons (Fsp3) is 0.800. The highest BCUT2D eigenvalue weighted by Gasteiger charge is 2.21. The summed E-state index contributed by atoms with van der Waals surface area (Å²) in [6.07, 6.45) is 0. The second-order valence-electron chi connectivity index (χ2n) is 3.89. The molecule has 0 radical (unpaired) electrons. The van der Waals surface area contributed by atoms with Crippen LogP contribution in [0.5, 0.6) is 0 Å². The fourth-order valence-electron chi connectivity index (χ4n) is 1.70. The largest absolute Gasteiger partial charge is 0.409 e. The van der Waals surface area contributed by atoms with Crippen molar-refractivity contribution >= 4 is 11.7 Å². The van der Waals surface area contributed by atoms with Gasteiger partial charge in [-0.3, -0.25) is 9.69 Å². The lowest BCUT2D eigenvalue weighted by atomic mass is 10.3. The Morgan fingerprint density at radius 2 is 2.06 bits per heavy atom. The summed E-state index contributed by atoms with van der Waals surface area (Å²) in [6.45, 7) is 5.77. The highest BCUT2D eigenvalue weighted by molar-refractivity contribution is 5.81. The molecule has 0 unspecified atom stereocenters. The molecule has 0 aliphatic carbocycles. The van der Waals surface area contributed by atoms with Crippen LogP contribution in [0.15, 0.2) is 5.16 Å². The lowest BCUT2D eigenvalue weighted by Crippen LogP contribution is -2.51. The summed E-state index contributed by atoms with van der Waals surface area (Å²) < 4.78 is 5.08. The molecule has 0 aromatic rings. The maximum atomic E-state index is 11.6. The minimum absolute atomic E-state index is 0.0234. The van der Waals surface area contributed by atoms with Gasteiger partial charge in [-0.1, -0.05) is 5.16 Å². The molecular weight excluding hydrogens is 224 g/mol. The van der Waals surface area contributed by atoms with Crippen LogP contribution in [0.4, 0.5) is 0 Å². The van der Waals surface area contributed by atoms with E-state index in [2.05, 4.69) is 5.16 Å². The lowest BCUT2D eigenvalue weighted by Gasteiger charge is -2.34. The van der Waals surface area contributed by atoms with E-state index in [4.69, 9.17) is 15.7 Å². The van der Waals surface area contributed by atoms with E-state index >= 15 is 0 Å². The molecule has 1 fully saturated rings. The van der Waals surface area contributed by atoms with Gasteiger partial charge in [-0.2, -0.15) is 0 Å². The van der Waals surface area contributed by atoms with Gasteiger partial charge in [-0.05, 0) is 6.92 Å². The summed E-state index contributed by atoms with van der Waals surface area (Å²) in [6, 6.07) is 0. The third kappa shape index (κ3) is 4.58. The topological polar surface area (TPSA) is 91.4 Å². The van der Waals surface area contributed by atoms with Crippen molar-refractivity contribution in [2.24, 2.45) is 10.9 Å². The van der Waals surface area contributed by atoms with Crippen LogP contribution in [0.25, 0.3) is 0 Å². The SMILES string of the molecule is CCOCC(=O)N1CCN(CC(N)=NO)CC1. The molecule has 7 nitrogen and oxygen atoms in total. The molecule has 1 rings (SSSR count). The first-order chi connectivity index (χ1) is 8.17. The zero-order chi connectivity index (χ0) is 12.7. The summed E-state index contributed by atoms with van der Waals surface area (Å²) in [5.74, 6) is 0.217. The minimum atomic E-state index is 0.0234. The average molecular weight is 244 g/mol. The quantitative estimate of drug-likeness (QED) is 0.278. The van der Waals surface area contributed by atoms with Gasteiger partial charge in [-0.25, -0.2) is 0 Å². The highest BCUT2D eigenvalue weighted by Crippen LogP contribution is 2.02. The number of nitrogens with two attached hydrogens (primary N) is 1. The Bertz CT molecular complexity index is 275. The lowest BCUT2D eigenvalue weighted by molar-refractivity contribution is -0.137. The third-order valence-electron chi connectivity index (χ3n) is 2.67. The summed E-state index contributed by atoms with van der Waals surface area (Å²) in [7, 11) is 0.